The van der Waals surface area contributed by atoms with Gasteiger partial charge in [0.15, 0.2) is 0 Å². The number of allylic oxidation sites excluding steroid dienone is 4. The minimum absolute atomic E-state index is 0.164. The Morgan fingerprint density at radius 3 is 1.14 bits per heavy atom. The normalized spacial score (nSPS) is 11.0. The smallest absolute Gasteiger partial charge is 0.302 e. The highest BCUT2D eigenvalue weighted by atomic mass is 16.5. The van der Waals surface area contributed by atoms with E-state index in [9.17, 15) is 9.59 Å². The van der Waals surface area contributed by atoms with Crippen molar-refractivity contribution in [2.45, 2.75) is 156 Å². The van der Waals surface area contributed by atoms with Gasteiger partial charge in [0.05, 0.1) is 13.2 Å². The third-order valence-electron chi connectivity index (χ3n) is 5.92. The molecular formula is C32H60O4. The molecule has 0 heterocycles. The van der Waals surface area contributed by atoms with E-state index in [2.05, 4.69) is 38.2 Å². The molecule has 0 spiro atoms. The van der Waals surface area contributed by atoms with Crippen LogP contribution in [0, 0.1) is 0 Å². The lowest BCUT2D eigenvalue weighted by molar-refractivity contribution is -0.142. The Kier molecular flexibility index (Phi) is 34.0. The molecule has 0 aromatic carbocycles. The van der Waals surface area contributed by atoms with Crippen molar-refractivity contribution in [3.63, 3.8) is 0 Å². The Bertz CT molecular complexity index is 510. The van der Waals surface area contributed by atoms with Gasteiger partial charge >= 0.3 is 11.9 Å². The Morgan fingerprint density at radius 1 is 0.444 bits per heavy atom. The zero-order chi connectivity index (χ0) is 27.0. The quantitative estimate of drug-likeness (QED) is 0.0739. The van der Waals surface area contributed by atoms with E-state index in [-0.39, 0.29) is 11.9 Å². The second kappa shape index (κ2) is 33.4. The third-order valence-corrected chi connectivity index (χ3v) is 5.92. The number of hydrogen-bond acceptors (Lipinski definition) is 4. The van der Waals surface area contributed by atoms with E-state index in [1.165, 1.54) is 123 Å². The van der Waals surface area contributed by atoms with Crippen LogP contribution in [0.15, 0.2) is 24.3 Å². The van der Waals surface area contributed by atoms with Gasteiger partial charge in [0.1, 0.15) is 0 Å². The minimum Gasteiger partial charge on any atom is -0.466 e. The van der Waals surface area contributed by atoms with E-state index in [1.54, 1.807) is 0 Å². The average Bonchev–Trinajstić information content (AvgIpc) is 2.85. The summed E-state index contributed by atoms with van der Waals surface area (Å²) >= 11 is 0. The van der Waals surface area contributed by atoms with Crippen LogP contribution in [0.1, 0.15) is 156 Å². The highest BCUT2D eigenvalue weighted by Gasteiger charge is 1.93. The maximum Gasteiger partial charge on any atom is 0.302 e. The lowest BCUT2D eigenvalue weighted by Gasteiger charge is -2.01. The number of rotatable bonds is 24. The molecule has 0 aliphatic carbocycles. The van der Waals surface area contributed by atoms with E-state index in [0.29, 0.717) is 13.2 Å². The molecule has 4 nitrogen and oxygen atoms in total. The van der Waals surface area contributed by atoms with Crippen molar-refractivity contribution < 1.29 is 19.1 Å². The number of unbranched alkanes of at least 4 members (excludes halogenated alkanes) is 16. The number of hydrogen-bond donors (Lipinski definition) is 0. The summed E-state index contributed by atoms with van der Waals surface area (Å²) in [4.78, 5) is 21.0. The predicted octanol–water partition coefficient (Wildman–Crippen LogP) is 10.1. The first-order chi connectivity index (χ1) is 17.5. The fourth-order valence-corrected chi connectivity index (χ4v) is 3.73. The van der Waals surface area contributed by atoms with Gasteiger partial charge in [0.25, 0.3) is 0 Å². The zero-order valence-electron chi connectivity index (χ0n) is 24.5. The molecule has 36 heavy (non-hydrogen) atoms. The molecule has 0 atom stereocenters. The molecule has 0 radical (unpaired) electrons. The molecule has 0 unspecified atom stereocenters. The molecule has 0 aliphatic heterocycles. The first kappa shape index (κ1) is 36.6. The second-order valence-electron chi connectivity index (χ2n) is 9.73. The molecule has 0 aliphatic rings. The van der Waals surface area contributed by atoms with Crippen LogP contribution in [0.3, 0.4) is 0 Å². The summed E-state index contributed by atoms with van der Waals surface area (Å²) in [5.74, 6) is -0.345. The van der Waals surface area contributed by atoms with E-state index >= 15 is 0 Å². The van der Waals surface area contributed by atoms with Gasteiger partial charge in [0.2, 0.25) is 0 Å². The number of esters is 2. The standard InChI is InChI=1S/C18H34O2.C14H26O2/c1-3-4-5-6-7-8-9-10-11-12-13-14-15-16-17-20-18(2)19;1-3-4-5-6-7-8-9-10-11-12-13-16-14(2)15/h10-11H,3-9,12-17H2,1-2H3;9-10H,3-8,11-13H2,1-2H3/b11-10-;10-9+. The zero-order valence-corrected chi connectivity index (χ0v) is 24.5. The van der Waals surface area contributed by atoms with Crippen LogP contribution in [0.5, 0.6) is 0 Å². The molecule has 0 fully saturated rings. The van der Waals surface area contributed by atoms with Crippen LogP contribution >= 0.6 is 0 Å². The van der Waals surface area contributed by atoms with Crippen molar-refractivity contribution in [2.75, 3.05) is 13.2 Å². The van der Waals surface area contributed by atoms with Gasteiger partial charge in [0, 0.05) is 13.8 Å². The van der Waals surface area contributed by atoms with E-state index in [0.717, 1.165) is 19.3 Å². The van der Waals surface area contributed by atoms with Crippen molar-refractivity contribution in [3.05, 3.63) is 24.3 Å². The second-order valence-corrected chi connectivity index (χ2v) is 9.73. The van der Waals surface area contributed by atoms with Crippen LogP contribution in [0.4, 0.5) is 0 Å². The molecular weight excluding hydrogens is 448 g/mol. The molecule has 0 rings (SSSR count). The molecule has 0 aromatic heterocycles. The molecule has 212 valence electrons. The van der Waals surface area contributed by atoms with Crippen molar-refractivity contribution in [1.82, 2.24) is 0 Å². The average molecular weight is 509 g/mol. The lowest BCUT2D eigenvalue weighted by Crippen LogP contribution is -1.99. The predicted molar refractivity (Wildman–Crippen MR) is 155 cm³/mol. The summed E-state index contributed by atoms with van der Waals surface area (Å²) in [6, 6.07) is 0. The lowest BCUT2D eigenvalue weighted by atomic mass is 10.1. The van der Waals surface area contributed by atoms with Gasteiger partial charge in [-0.2, -0.15) is 0 Å². The largest absolute Gasteiger partial charge is 0.466 e. The van der Waals surface area contributed by atoms with Gasteiger partial charge in [-0.05, 0) is 57.8 Å². The van der Waals surface area contributed by atoms with Crippen molar-refractivity contribution in [2.24, 2.45) is 0 Å². The first-order valence-electron chi connectivity index (χ1n) is 15.1. The first-order valence-corrected chi connectivity index (χ1v) is 15.1. The summed E-state index contributed by atoms with van der Waals surface area (Å²) < 4.78 is 9.74. The highest BCUT2D eigenvalue weighted by molar-refractivity contribution is 5.66. The van der Waals surface area contributed by atoms with Crippen LogP contribution in [0.25, 0.3) is 0 Å². The molecule has 0 amide bonds. The highest BCUT2D eigenvalue weighted by Crippen LogP contribution is 2.09. The van der Waals surface area contributed by atoms with Crippen LogP contribution in [-0.4, -0.2) is 25.2 Å². The monoisotopic (exact) mass is 508 g/mol. The molecule has 0 N–H and O–H groups in total. The van der Waals surface area contributed by atoms with Crippen LogP contribution < -0.4 is 0 Å². The number of carbonyl (C=O) groups is 2. The van der Waals surface area contributed by atoms with E-state index in [1.807, 2.05) is 0 Å². The number of carbonyl (C=O) groups excluding carboxylic acids is 2. The topological polar surface area (TPSA) is 52.6 Å². The number of ether oxygens (including phenoxy) is 2. The maximum absolute atomic E-state index is 10.5. The summed E-state index contributed by atoms with van der Waals surface area (Å²) in [5, 5.41) is 0. The Balaban J connectivity index is 0. The third kappa shape index (κ3) is 39.6. The van der Waals surface area contributed by atoms with Crippen molar-refractivity contribution in [3.8, 4) is 0 Å². The fourth-order valence-electron chi connectivity index (χ4n) is 3.73. The fraction of sp³-hybridized carbons (Fsp3) is 0.812. The van der Waals surface area contributed by atoms with Crippen molar-refractivity contribution >= 4 is 11.9 Å². The van der Waals surface area contributed by atoms with E-state index < -0.39 is 0 Å². The summed E-state index contributed by atoms with van der Waals surface area (Å²) in [6.45, 7) is 8.56. The Morgan fingerprint density at radius 2 is 0.750 bits per heavy atom. The van der Waals surface area contributed by atoms with Crippen molar-refractivity contribution in [1.29, 1.82) is 0 Å². The van der Waals surface area contributed by atoms with Gasteiger partial charge < -0.3 is 9.47 Å². The Hall–Kier alpha value is -1.58. The van der Waals surface area contributed by atoms with Gasteiger partial charge in [-0.15, -0.1) is 0 Å². The minimum atomic E-state index is -0.181. The summed E-state index contributed by atoms with van der Waals surface area (Å²) in [7, 11) is 0. The summed E-state index contributed by atoms with van der Waals surface area (Å²) in [5.41, 5.74) is 0. The van der Waals surface area contributed by atoms with Crippen LogP contribution in [-0.2, 0) is 19.1 Å². The van der Waals surface area contributed by atoms with Crippen LogP contribution in [0.2, 0.25) is 0 Å². The molecule has 0 bridgehead atoms. The maximum atomic E-state index is 10.5. The van der Waals surface area contributed by atoms with Gasteiger partial charge in [-0.25, -0.2) is 0 Å². The molecule has 0 saturated heterocycles. The molecule has 0 saturated carbocycles. The summed E-state index contributed by atoms with van der Waals surface area (Å²) in [6.07, 6.45) is 34.4. The van der Waals surface area contributed by atoms with E-state index in [4.69, 9.17) is 9.47 Å². The molecule has 0 aromatic rings. The molecule has 4 heteroatoms. The van der Waals surface area contributed by atoms with Gasteiger partial charge in [-0.3, -0.25) is 9.59 Å². The Labute approximate surface area is 224 Å². The van der Waals surface area contributed by atoms with Gasteiger partial charge in [-0.1, -0.05) is 109 Å². The SMILES string of the molecule is CCCCCCC/C=C/CCCOC(C)=O.CCCCCCCC/C=C\CCCCCCOC(C)=O.